The highest BCUT2D eigenvalue weighted by Crippen LogP contribution is 2.28. The van der Waals surface area contributed by atoms with Crippen molar-refractivity contribution < 1.29 is 9.47 Å². The summed E-state index contributed by atoms with van der Waals surface area (Å²) in [6, 6.07) is 8.40. The van der Waals surface area contributed by atoms with E-state index in [9.17, 15) is 0 Å². The van der Waals surface area contributed by atoms with Crippen molar-refractivity contribution in [1.29, 1.82) is 0 Å². The third kappa shape index (κ3) is 5.09. The summed E-state index contributed by atoms with van der Waals surface area (Å²) in [7, 11) is 0. The molecule has 100 valence electrons. The summed E-state index contributed by atoms with van der Waals surface area (Å²) in [5.41, 5.74) is 1.33. The quantitative estimate of drug-likeness (QED) is 0.618. The average molecular weight is 248 g/mol. The molecule has 0 heterocycles. The average Bonchev–Trinajstić information content (AvgIpc) is 3.21. The summed E-state index contributed by atoms with van der Waals surface area (Å²) in [5.74, 6) is 1.84. The molecule has 1 aromatic carbocycles. The Hall–Kier alpha value is -1.02. The Balaban J connectivity index is 1.62. The molecule has 0 aromatic heterocycles. The summed E-state index contributed by atoms with van der Waals surface area (Å²) in [6.45, 7) is 4.79. The summed E-state index contributed by atoms with van der Waals surface area (Å²) >= 11 is 0. The molecule has 0 bridgehead atoms. The lowest BCUT2D eigenvalue weighted by Crippen LogP contribution is -2.01. The Morgan fingerprint density at radius 2 is 1.89 bits per heavy atom. The molecule has 0 saturated heterocycles. The van der Waals surface area contributed by atoms with Crippen molar-refractivity contribution in [2.75, 3.05) is 19.8 Å². The Kier molecular flexibility index (Phi) is 5.53. The maximum atomic E-state index is 5.64. The normalized spacial score (nSPS) is 14.7. The number of ether oxygens (including phenoxy) is 2. The molecule has 1 aliphatic carbocycles. The van der Waals surface area contributed by atoms with Gasteiger partial charge in [-0.15, -0.1) is 0 Å². The molecule has 1 fully saturated rings. The molecule has 0 unspecified atom stereocenters. The lowest BCUT2D eigenvalue weighted by Gasteiger charge is -2.07. The van der Waals surface area contributed by atoms with Gasteiger partial charge in [0.2, 0.25) is 0 Å². The van der Waals surface area contributed by atoms with Crippen LogP contribution in [-0.2, 0) is 11.2 Å². The maximum absolute atomic E-state index is 5.64. The molecule has 1 saturated carbocycles. The molecule has 1 aliphatic rings. The van der Waals surface area contributed by atoms with E-state index in [4.69, 9.17) is 9.47 Å². The highest BCUT2D eigenvalue weighted by Gasteiger charge is 2.20. The third-order valence-electron chi connectivity index (χ3n) is 3.28. The third-order valence-corrected chi connectivity index (χ3v) is 3.28. The molecule has 2 nitrogen and oxygen atoms in total. The van der Waals surface area contributed by atoms with Gasteiger partial charge < -0.3 is 9.47 Å². The van der Waals surface area contributed by atoms with E-state index in [0.29, 0.717) is 0 Å². The molecule has 0 radical (unpaired) electrons. The SMILES string of the molecule is CCCCOc1ccc(CCOCC2CC2)cc1. The highest BCUT2D eigenvalue weighted by atomic mass is 16.5. The minimum absolute atomic E-state index is 0.820. The van der Waals surface area contributed by atoms with E-state index in [0.717, 1.165) is 44.3 Å². The smallest absolute Gasteiger partial charge is 0.119 e. The number of benzene rings is 1. The second-order valence-electron chi connectivity index (χ2n) is 5.11. The standard InChI is InChI=1S/C16H24O2/c1-2-3-11-18-16-8-6-14(7-9-16)10-12-17-13-15-4-5-15/h6-9,15H,2-5,10-13H2,1H3. The monoisotopic (exact) mass is 248 g/mol. The van der Waals surface area contributed by atoms with Crippen LogP contribution in [0.15, 0.2) is 24.3 Å². The van der Waals surface area contributed by atoms with Crippen LogP contribution in [0.5, 0.6) is 5.75 Å². The van der Waals surface area contributed by atoms with Crippen molar-refractivity contribution in [2.45, 2.75) is 39.0 Å². The Morgan fingerprint density at radius 1 is 1.11 bits per heavy atom. The van der Waals surface area contributed by atoms with Crippen molar-refractivity contribution in [3.05, 3.63) is 29.8 Å². The van der Waals surface area contributed by atoms with Crippen LogP contribution >= 0.6 is 0 Å². The van der Waals surface area contributed by atoms with Crippen LogP contribution in [0.25, 0.3) is 0 Å². The first kappa shape index (κ1) is 13.4. The topological polar surface area (TPSA) is 18.5 Å². The van der Waals surface area contributed by atoms with Crippen molar-refractivity contribution >= 4 is 0 Å². The van der Waals surface area contributed by atoms with Gasteiger partial charge in [0.15, 0.2) is 0 Å². The van der Waals surface area contributed by atoms with E-state index in [1.807, 2.05) is 0 Å². The van der Waals surface area contributed by atoms with E-state index in [1.54, 1.807) is 0 Å². The lowest BCUT2D eigenvalue weighted by atomic mass is 10.1. The van der Waals surface area contributed by atoms with Gasteiger partial charge >= 0.3 is 0 Å². The molecule has 2 rings (SSSR count). The predicted molar refractivity (Wildman–Crippen MR) is 74.1 cm³/mol. The Bertz CT molecular complexity index is 327. The van der Waals surface area contributed by atoms with Crippen LogP contribution in [0.3, 0.4) is 0 Å². The molecule has 0 amide bonds. The molecule has 0 N–H and O–H groups in total. The zero-order valence-electron chi connectivity index (χ0n) is 11.4. The van der Waals surface area contributed by atoms with Gasteiger partial charge in [-0.1, -0.05) is 25.5 Å². The molecule has 0 atom stereocenters. The van der Waals surface area contributed by atoms with E-state index in [-0.39, 0.29) is 0 Å². The molecule has 0 aliphatic heterocycles. The van der Waals surface area contributed by atoms with Crippen molar-refractivity contribution in [3.8, 4) is 5.75 Å². The van der Waals surface area contributed by atoms with Crippen LogP contribution in [-0.4, -0.2) is 19.8 Å². The summed E-state index contributed by atoms with van der Waals surface area (Å²) in [6.07, 6.45) is 6.03. The Labute approximate surface area is 110 Å². The summed E-state index contributed by atoms with van der Waals surface area (Å²) < 4.78 is 11.3. The zero-order valence-corrected chi connectivity index (χ0v) is 11.4. The van der Waals surface area contributed by atoms with Crippen molar-refractivity contribution in [1.82, 2.24) is 0 Å². The van der Waals surface area contributed by atoms with Gasteiger partial charge in [-0.05, 0) is 49.3 Å². The van der Waals surface area contributed by atoms with E-state index in [2.05, 4.69) is 31.2 Å². The predicted octanol–water partition coefficient (Wildman–Crippen LogP) is 3.83. The maximum Gasteiger partial charge on any atom is 0.119 e. The van der Waals surface area contributed by atoms with Crippen LogP contribution in [0.1, 0.15) is 38.2 Å². The van der Waals surface area contributed by atoms with Gasteiger partial charge in [0.25, 0.3) is 0 Å². The van der Waals surface area contributed by atoms with Crippen LogP contribution in [0.4, 0.5) is 0 Å². The van der Waals surface area contributed by atoms with E-state index in [1.165, 1.54) is 24.8 Å². The van der Waals surface area contributed by atoms with E-state index >= 15 is 0 Å². The molecule has 18 heavy (non-hydrogen) atoms. The second-order valence-corrected chi connectivity index (χ2v) is 5.11. The number of hydrogen-bond acceptors (Lipinski definition) is 2. The van der Waals surface area contributed by atoms with Crippen LogP contribution in [0, 0.1) is 5.92 Å². The minimum Gasteiger partial charge on any atom is -0.494 e. The van der Waals surface area contributed by atoms with Gasteiger partial charge in [-0.25, -0.2) is 0 Å². The summed E-state index contributed by atoms with van der Waals surface area (Å²) in [5, 5.41) is 0. The highest BCUT2D eigenvalue weighted by molar-refractivity contribution is 5.27. The summed E-state index contributed by atoms with van der Waals surface area (Å²) in [4.78, 5) is 0. The fourth-order valence-corrected chi connectivity index (χ4v) is 1.81. The largest absolute Gasteiger partial charge is 0.494 e. The molecular weight excluding hydrogens is 224 g/mol. The van der Waals surface area contributed by atoms with Gasteiger partial charge in [0, 0.05) is 6.61 Å². The number of unbranched alkanes of at least 4 members (excludes halogenated alkanes) is 1. The van der Waals surface area contributed by atoms with E-state index < -0.39 is 0 Å². The minimum atomic E-state index is 0.820. The molecular formula is C16H24O2. The number of hydrogen-bond donors (Lipinski definition) is 0. The van der Waals surface area contributed by atoms with Gasteiger partial charge in [-0.2, -0.15) is 0 Å². The molecule has 2 heteroatoms. The van der Waals surface area contributed by atoms with Crippen molar-refractivity contribution in [2.24, 2.45) is 5.92 Å². The first-order valence-electron chi connectivity index (χ1n) is 7.18. The van der Waals surface area contributed by atoms with Crippen molar-refractivity contribution in [3.63, 3.8) is 0 Å². The number of rotatable bonds is 9. The first-order valence-corrected chi connectivity index (χ1v) is 7.18. The van der Waals surface area contributed by atoms with Gasteiger partial charge in [0.05, 0.1) is 13.2 Å². The first-order chi connectivity index (χ1) is 8.88. The van der Waals surface area contributed by atoms with Gasteiger partial charge in [0.1, 0.15) is 5.75 Å². The van der Waals surface area contributed by atoms with Gasteiger partial charge in [-0.3, -0.25) is 0 Å². The molecule has 1 aromatic rings. The van der Waals surface area contributed by atoms with Crippen LogP contribution < -0.4 is 4.74 Å². The fraction of sp³-hybridized carbons (Fsp3) is 0.625. The van der Waals surface area contributed by atoms with Crippen LogP contribution in [0.2, 0.25) is 0 Å². The Morgan fingerprint density at radius 3 is 2.56 bits per heavy atom. The molecule has 0 spiro atoms. The zero-order chi connectivity index (χ0) is 12.6. The second kappa shape index (κ2) is 7.42. The fourth-order valence-electron chi connectivity index (χ4n) is 1.81. The lowest BCUT2D eigenvalue weighted by molar-refractivity contribution is 0.127.